The lowest BCUT2D eigenvalue weighted by Gasteiger charge is -2.27. The van der Waals surface area contributed by atoms with Gasteiger partial charge in [0.25, 0.3) is 0 Å². The minimum absolute atomic E-state index is 0. The smallest absolute Gasteiger partial charge is 0.225 e. The molecular weight excluding hydrogens is 340 g/mol. The van der Waals surface area contributed by atoms with Crippen LogP contribution in [0.15, 0.2) is 36.5 Å². The summed E-state index contributed by atoms with van der Waals surface area (Å²) in [6, 6.07) is 7.79. The third kappa shape index (κ3) is 3.28. The lowest BCUT2D eigenvalue weighted by molar-refractivity contribution is -0.134. The van der Waals surface area contributed by atoms with Crippen molar-refractivity contribution in [3.05, 3.63) is 42.2 Å². The van der Waals surface area contributed by atoms with Gasteiger partial charge in [-0.3, -0.25) is 4.79 Å². The number of H-pyrrole nitrogens is 1. The molecule has 1 aliphatic rings. The third-order valence-electron chi connectivity index (χ3n) is 4.76. The quantitative estimate of drug-likeness (QED) is 0.740. The fourth-order valence-electron chi connectivity index (χ4n) is 3.26. The molecular formula is C20H26N6O. The van der Waals surface area contributed by atoms with Gasteiger partial charge in [0, 0.05) is 21.9 Å². The summed E-state index contributed by atoms with van der Waals surface area (Å²) in [7, 11) is 0. The number of fused-ring (bicyclic) bond motifs is 1. The SMILES string of the molecule is CC(C)C(=O)N1CC=C(c2cnc(N)c(-c3nc4ccccc4[nH]3)n2)CC1.[HH].[HH]. The number of nitrogens with zero attached hydrogens (tertiary/aromatic N) is 4. The molecule has 4 rings (SSSR count). The van der Waals surface area contributed by atoms with Gasteiger partial charge in [0.15, 0.2) is 11.6 Å². The second-order valence-electron chi connectivity index (χ2n) is 7.01. The molecule has 142 valence electrons. The molecule has 1 aliphatic heterocycles. The van der Waals surface area contributed by atoms with Gasteiger partial charge in [-0.2, -0.15) is 0 Å². The fourth-order valence-corrected chi connectivity index (χ4v) is 3.26. The van der Waals surface area contributed by atoms with Crippen molar-refractivity contribution in [2.75, 3.05) is 18.8 Å². The molecule has 2 aromatic heterocycles. The molecule has 1 aromatic carbocycles. The lowest BCUT2D eigenvalue weighted by Crippen LogP contribution is -2.37. The Morgan fingerprint density at radius 2 is 2.11 bits per heavy atom. The molecule has 0 unspecified atom stereocenters. The molecule has 3 heterocycles. The van der Waals surface area contributed by atoms with Gasteiger partial charge in [-0.15, -0.1) is 0 Å². The predicted molar refractivity (Wildman–Crippen MR) is 110 cm³/mol. The average molecular weight is 366 g/mol. The molecule has 7 heteroatoms. The minimum atomic E-state index is 0. The number of imidazole rings is 1. The van der Waals surface area contributed by atoms with Gasteiger partial charge in [-0.1, -0.05) is 32.1 Å². The van der Waals surface area contributed by atoms with Crippen molar-refractivity contribution >= 4 is 28.3 Å². The molecule has 27 heavy (non-hydrogen) atoms. The molecule has 0 fully saturated rings. The summed E-state index contributed by atoms with van der Waals surface area (Å²) in [5.74, 6) is 1.13. The molecule has 3 N–H and O–H groups in total. The van der Waals surface area contributed by atoms with E-state index in [4.69, 9.17) is 10.7 Å². The van der Waals surface area contributed by atoms with E-state index in [2.05, 4.69) is 15.0 Å². The zero-order chi connectivity index (χ0) is 19.0. The Balaban J connectivity index is 0.00000150. The maximum absolute atomic E-state index is 12.1. The zero-order valence-electron chi connectivity index (χ0n) is 15.4. The number of benzene rings is 1. The first kappa shape index (κ1) is 17.2. The van der Waals surface area contributed by atoms with E-state index < -0.39 is 0 Å². The van der Waals surface area contributed by atoms with Crippen LogP contribution in [0.2, 0.25) is 0 Å². The first-order valence-corrected chi connectivity index (χ1v) is 9.08. The highest BCUT2D eigenvalue weighted by molar-refractivity contribution is 5.81. The largest absolute Gasteiger partial charge is 0.382 e. The van der Waals surface area contributed by atoms with Crippen LogP contribution in [0.3, 0.4) is 0 Å². The number of aromatic nitrogens is 4. The molecule has 0 aliphatic carbocycles. The second-order valence-corrected chi connectivity index (χ2v) is 7.01. The maximum atomic E-state index is 12.1. The Hall–Kier alpha value is -3.22. The third-order valence-corrected chi connectivity index (χ3v) is 4.76. The highest BCUT2D eigenvalue weighted by Crippen LogP contribution is 2.27. The van der Waals surface area contributed by atoms with Crippen LogP contribution in [0.5, 0.6) is 0 Å². The van der Waals surface area contributed by atoms with Crippen LogP contribution in [-0.2, 0) is 4.79 Å². The summed E-state index contributed by atoms with van der Waals surface area (Å²) in [5.41, 5.74) is 10.2. The van der Waals surface area contributed by atoms with E-state index in [1.54, 1.807) is 6.20 Å². The van der Waals surface area contributed by atoms with E-state index in [1.165, 1.54) is 0 Å². The van der Waals surface area contributed by atoms with Crippen LogP contribution in [0.4, 0.5) is 5.82 Å². The molecule has 0 atom stereocenters. The number of para-hydroxylation sites is 2. The van der Waals surface area contributed by atoms with Crippen molar-refractivity contribution in [2.45, 2.75) is 20.3 Å². The number of aromatic amines is 1. The van der Waals surface area contributed by atoms with Crippen LogP contribution >= 0.6 is 0 Å². The van der Waals surface area contributed by atoms with Crippen LogP contribution in [-0.4, -0.2) is 43.8 Å². The van der Waals surface area contributed by atoms with Crippen LogP contribution in [0, 0.1) is 5.92 Å². The summed E-state index contributed by atoms with van der Waals surface area (Å²) in [6.45, 7) is 5.13. The first-order valence-electron chi connectivity index (χ1n) is 9.08. The van der Waals surface area contributed by atoms with Gasteiger partial charge >= 0.3 is 0 Å². The number of hydrogen-bond donors (Lipinski definition) is 2. The molecule has 3 aromatic rings. The molecule has 0 saturated carbocycles. The van der Waals surface area contributed by atoms with E-state index >= 15 is 0 Å². The van der Waals surface area contributed by atoms with E-state index in [-0.39, 0.29) is 14.7 Å². The number of carbonyl (C=O) groups excluding carboxylic acids is 1. The molecule has 0 bridgehead atoms. The molecule has 1 amide bonds. The normalized spacial score (nSPS) is 14.6. The summed E-state index contributed by atoms with van der Waals surface area (Å²) < 4.78 is 0. The van der Waals surface area contributed by atoms with Gasteiger partial charge < -0.3 is 15.6 Å². The first-order chi connectivity index (χ1) is 13.0. The Labute approximate surface area is 160 Å². The Kier molecular flexibility index (Phi) is 4.35. The van der Waals surface area contributed by atoms with Gasteiger partial charge in [0.1, 0.15) is 5.69 Å². The summed E-state index contributed by atoms with van der Waals surface area (Å²) in [6.07, 6.45) is 4.48. The number of nitrogens with one attached hydrogen (secondary N) is 1. The fraction of sp³-hybridized carbons (Fsp3) is 0.300. The van der Waals surface area contributed by atoms with Crippen molar-refractivity contribution in [1.82, 2.24) is 24.8 Å². The van der Waals surface area contributed by atoms with Gasteiger partial charge in [0.05, 0.1) is 22.9 Å². The Bertz CT molecular complexity index is 1010. The number of rotatable bonds is 3. The minimum Gasteiger partial charge on any atom is -0.382 e. The summed E-state index contributed by atoms with van der Waals surface area (Å²) in [4.78, 5) is 30.9. The van der Waals surface area contributed by atoms with Crippen LogP contribution in [0.1, 0.15) is 28.8 Å². The van der Waals surface area contributed by atoms with Crippen molar-refractivity contribution in [1.29, 1.82) is 0 Å². The number of nitrogen functional groups attached to an aromatic ring is 1. The van der Waals surface area contributed by atoms with E-state index in [0.717, 1.165) is 28.7 Å². The molecule has 7 nitrogen and oxygen atoms in total. The van der Waals surface area contributed by atoms with Crippen LogP contribution < -0.4 is 5.73 Å². The van der Waals surface area contributed by atoms with Gasteiger partial charge in [-0.25, -0.2) is 15.0 Å². The Morgan fingerprint density at radius 3 is 2.81 bits per heavy atom. The number of hydrogen-bond acceptors (Lipinski definition) is 5. The average Bonchev–Trinajstić information content (AvgIpc) is 3.12. The predicted octanol–water partition coefficient (Wildman–Crippen LogP) is 3.37. The van der Waals surface area contributed by atoms with E-state index in [9.17, 15) is 4.79 Å². The number of carbonyl (C=O) groups is 1. The monoisotopic (exact) mass is 366 g/mol. The van der Waals surface area contributed by atoms with Crippen molar-refractivity contribution < 1.29 is 7.65 Å². The molecule has 0 spiro atoms. The van der Waals surface area contributed by atoms with Crippen molar-refractivity contribution in [2.24, 2.45) is 5.92 Å². The van der Waals surface area contributed by atoms with Gasteiger partial charge in [0.2, 0.25) is 5.91 Å². The second kappa shape index (κ2) is 6.83. The topological polar surface area (TPSA) is 101 Å². The summed E-state index contributed by atoms with van der Waals surface area (Å²) >= 11 is 0. The number of anilines is 1. The molecule has 0 radical (unpaired) electrons. The Morgan fingerprint density at radius 1 is 1.30 bits per heavy atom. The van der Waals surface area contributed by atoms with Crippen molar-refractivity contribution in [3.8, 4) is 11.5 Å². The maximum Gasteiger partial charge on any atom is 0.225 e. The van der Waals surface area contributed by atoms with E-state index in [1.807, 2.05) is 49.1 Å². The zero-order valence-corrected chi connectivity index (χ0v) is 15.4. The standard InChI is InChI=1S/C20H22N6O.2H2/c1-12(2)20(27)26-9-7-13(8-10-26)16-11-22-18(21)17(23-16)19-24-14-5-3-4-6-15(14)25-19;;/h3-7,11-12H,8-10H2,1-2H3,(H2,21,22)(H,24,25);2*1H. The van der Waals surface area contributed by atoms with Gasteiger partial charge in [-0.05, 0) is 24.1 Å². The highest BCUT2D eigenvalue weighted by atomic mass is 16.2. The number of amides is 1. The number of nitrogens with two attached hydrogens (primary N) is 1. The van der Waals surface area contributed by atoms with Crippen molar-refractivity contribution in [3.63, 3.8) is 0 Å². The van der Waals surface area contributed by atoms with E-state index in [0.29, 0.717) is 30.4 Å². The van der Waals surface area contributed by atoms with Crippen LogP contribution in [0.25, 0.3) is 28.1 Å². The molecule has 0 saturated heterocycles. The highest BCUT2D eigenvalue weighted by Gasteiger charge is 2.21. The lowest BCUT2D eigenvalue weighted by atomic mass is 10.0. The summed E-state index contributed by atoms with van der Waals surface area (Å²) in [5, 5.41) is 0.